The normalized spacial score (nSPS) is 11.2. The lowest BCUT2D eigenvalue weighted by atomic mass is 10.3. The summed E-state index contributed by atoms with van der Waals surface area (Å²) in [6.07, 6.45) is 1.32. The molecule has 0 fully saturated rings. The SMILES string of the molecule is CCCC(=O)N(CCN(C)C)c1nc2c(OC)ccc(Cl)c2s1. The van der Waals surface area contributed by atoms with Crippen LogP contribution in [0, 0.1) is 0 Å². The van der Waals surface area contributed by atoms with Gasteiger partial charge in [-0.25, -0.2) is 4.98 Å². The van der Waals surface area contributed by atoms with Crippen LogP contribution in [0.1, 0.15) is 19.8 Å². The Balaban J connectivity index is 2.43. The van der Waals surface area contributed by atoms with Crippen LogP contribution < -0.4 is 9.64 Å². The van der Waals surface area contributed by atoms with Crippen LogP contribution in [0.2, 0.25) is 5.02 Å². The molecule has 0 atom stereocenters. The number of hydrogen-bond donors (Lipinski definition) is 0. The van der Waals surface area contributed by atoms with Gasteiger partial charge in [-0.3, -0.25) is 9.69 Å². The zero-order chi connectivity index (χ0) is 17.0. The summed E-state index contributed by atoms with van der Waals surface area (Å²) in [5, 5.41) is 1.30. The number of likely N-dealkylation sites (N-methyl/N-ethyl adjacent to an activating group) is 1. The Morgan fingerprint density at radius 2 is 2.09 bits per heavy atom. The Kier molecular flexibility index (Phi) is 6.21. The standard InChI is InChI=1S/C16H22ClN3O2S/c1-5-6-13(21)20(10-9-19(2)3)16-18-14-12(22-4)8-7-11(17)15(14)23-16/h7-8H,5-6,9-10H2,1-4H3. The van der Waals surface area contributed by atoms with Gasteiger partial charge in [-0.05, 0) is 32.6 Å². The summed E-state index contributed by atoms with van der Waals surface area (Å²) < 4.78 is 6.20. The van der Waals surface area contributed by atoms with E-state index in [2.05, 4.69) is 4.98 Å². The smallest absolute Gasteiger partial charge is 0.228 e. The van der Waals surface area contributed by atoms with Crippen molar-refractivity contribution in [1.82, 2.24) is 9.88 Å². The molecule has 2 rings (SSSR count). The molecule has 0 unspecified atom stereocenters. The third kappa shape index (κ3) is 4.13. The number of thiazole rings is 1. The minimum atomic E-state index is 0.0866. The van der Waals surface area contributed by atoms with Crippen LogP contribution in [-0.2, 0) is 4.79 Å². The zero-order valence-electron chi connectivity index (χ0n) is 13.9. The van der Waals surface area contributed by atoms with Gasteiger partial charge in [-0.15, -0.1) is 0 Å². The van der Waals surface area contributed by atoms with E-state index >= 15 is 0 Å². The first kappa shape index (κ1) is 18.0. The third-order valence-electron chi connectivity index (χ3n) is 3.43. The van der Waals surface area contributed by atoms with Gasteiger partial charge in [0, 0.05) is 19.5 Å². The van der Waals surface area contributed by atoms with Crippen LogP contribution in [-0.4, -0.2) is 50.1 Å². The predicted molar refractivity (Wildman–Crippen MR) is 97.0 cm³/mol. The molecule has 1 heterocycles. The van der Waals surface area contributed by atoms with E-state index in [1.807, 2.05) is 25.9 Å². The minimum Gasteiger partial charge on any atom is -0.494 e. The van der Waals surface area contributed by atoms with Crippen LogP contribution in [0.25, 0.3) is 10.2 Å². The largest absolute Gasteiger partial charge is 0.494 e. The van der Waals surface area contributed by atoms with E-state index in [0.717, 1.165) is 17.7 Å². The molecule has 0 spiro atoms. The summed E-state index contributed by atoms with van der Waals surface area (Å²) in [5.41, 5.74) is 0.708. The quantitative estimate of drug-likeness (QED) is 0.760. The summed E-state index contributed by atoms with van der Waals surface area (Å²) in [4.78, 5) is 20.9. The minimum absolute atomic E-state index is 0.0866. The van der Waals surface area contributed by atoms with Crippen molar-refractivity contribution in [2.24, 2.45) is 0 Å². The molecule has 1 aromatic carbocycles. The van der Waals surface area contributed by atoms with Gasteiger partial charge in [-0.1, -0.05) is 29.9 Å². The Bertz CT molecular complexity index is 687. The number of rotatable bonds is 7. The molecule has 7 heteroatoms. The number of anilines is 1. The molecule has 0 saturated carbocycles. The van der Waals surface area contributed by atoms with Gasteiger partial charge in [0.1, 0.15) is 11.3 Å². The summed E-state index contributed by atoms with van der Waals surface area (Å²) >= 11 is 7.71. The maximum absolute atomic E-state index is 12.5. The van der Waals surface area contributed by atoms with Crippen molar-refractivity contribution < 1.29 is 9.53 Å². The lowest BCUT2D eigenvalue weighted by Gasteiger charge is -2.21. The first-order valence-electron chi connectivity index (χ1n) is 7.56. The van der Waals surface area contributed by atoms with Gasteiger partial charge < -0.3 is 9.64 Å². The summed E-state index contributed by atoms with van der Waals surface area (Å²) in [6.45, 7) is 3.38. The van der Waals surface area contributed by atoms with Crippen LogP contribution >= 0.6 is 22.9 Å². The summed E-state index contributed by atoms with van der Waals surface area (Å²) in [7, 11) is 5.58. The molecular formula is C16H22ClN3O2S. The second kappa shape index (κ2) is 7.95. The molecule has 0 radical (unpaired) electrons. The molecule has 1 amide bonds. The number of nitrogens with zero attached hydrogens (tertiary/aromatic N) is 3. The average molecular weight is 356 g/mol. The van der Waals surface area contributed by atoms with Crippen LogP contribution in [0.3, 0.4) is 0 Å². The Labute approximate surface area is 145 Å². The first-order chi connectivity index (χ1) is 11.0. The van der Waals surface area contributed by atoms with Gasteiger partial charge in [0.25, 0.3) is 0 Å². The number of aromatic nitrogens is 1. The molecule has 2 aromatic rings. The topological polar surface area (TPSA) is 45.7 Å². The lowest BCUT2D eigenvalue weighted by molar-refractivity contribution is -0.118. The van der Waals surface area contributed by atoms with E-state index in [-0.39, 0.29) is 5.91 Å². The fraction of sp³-hybridized carbons (Fsp3) is 0.500. The van der Waals surface area contributed by atoms with Crippen LogP contribution in [0.5, 0.6) is 5.75 Å². The molecule has 23 heavy (non-hydrogen) atoms. The van der Waals surface area contributed by atoms with Crippen LogP contribution in [0.4, 0.5) is 5.13 Å². The Morgan fingerprint density at radius 3 is 2.70 bits per heavy atom. The second-order valence-electron chi connectivity index (χ2n) is 5.52. The number of amides is 1. The van der Waals surface area contributed by atoms with Gasteiger partial charge in [0.2, 0.25) is 5.91 Å². The van der Waals surface area contributed by atoms with Gasteiger partial charge in [-0.2, -0.15) is 0 Å². The van der Waals surface area contributed by atoms with E-state index < -0.39 is 0 Å². The average Bonchev–Trinajstić information content (AvgIpc) is 2.93. The lowest BCUT2D eigenvalue weighted by Crippen LogP contribution is -2.36. The fourth-order valence-electron chi connectivity index (χ4n) is 2.20. The van der Waals surface area contributed by atoms with E-state index in [9.17, 15) is 4.79 Å². The summed E-state index contributed by atoms with van der Waals surface area (Å²) in [5.74, 6) is 0.755. The number of halogens is 1. The zero-order valence-corrected chi connectivity index (χ0v) is 15.5. The van der Waals surface area contributed by atoms with Crippen molar-refractivity contribution in [3.8, 4) is 5.75 Å². The van der Waals surface area contributed by atoms with Crippen molar-refractivity contribution in [3.05, 3.63) is 17.2 Å². The van der Waals surface area contributed by atoms with E-state index in [1.54, 1.807) is 24.1 Å². The first-order valence-corrected chi connectivity index (χ1v) is 8.75. The number of ether oxygens (including phenoxy) is 1. The molecule has 0 bridgehead atoms. The van der Waals surface area contributed by atoms with Crippen LogP contribution in [0.15, 0.2) is 12.1 Å². The van der Waals surface area contributed by atoms with Gasteiger partial charge >= 0.3 is 0 Å². The second-order valence-corrected chi connectivity index (χ2v) is 6.91. The van der Waals surface area contributed by atoms with Crippen molar-refractivity contribution >= 4 is 44.2 Å². The molecule has 0 aliphatic carbocycles. The van der Waals surface area contributed by atoms with Crippen molar-refractivity contribution in [3.63, 3.8) is 0 Å². The highest BCUT2D eigenvalue weighted by Gasteiger charge is 2.21. The number of methoxy groups -OCH3 is 1. The third-order valence-corrected chi connectivity index (χ3v) is 4.97. The molecule has 0 aliphatic heterocycles. The molecule has 0 saturated heterocycles. The highest BCUT2D eigenvalue weighted by Crippen LogP contribution is 2.38. The van der Waals surface area contributed by atoms with Crippen molar-refractivity contribution in [2.45, 2.75) is 19.8 Å². The molecular weight excluding hydrogens is 334 g/mol. The highest BCUT2D eigenvalue weighted by atomic mass is 35.5. The van der Waals surface area contributed by atoms with E-state index in [1.165, 1.54) is 11.3 Å². The molecule has 126 valence electrons. The maximum atomic E-state index is 12.5. The van der Waals surface area contributed by atoms with Crippen molar-refractivity contribution in [2.75, 3.05) is 39.2 Å². The number of hydrogen-bond acceptors (Lipinski definition) is 5. The molecule has 5 nitrogen and oxygen atoms in total. The number of carbonyl (C=O) groups is 1. The molecule has 0 aliphatic rings. The van der Waals surface area contributed by atoms with E-state index in [4.69, 9.17) is 16.3 Å². The molecule has 0 N–H and O–H groups in total. The maximum Gasteiger partial charge on any atom is 0.228 e. The monoisotopic (exact) mass is 355 g/mol. The van der Waals surface area contributed by atoms with Crippen molar-refractivity contribution in [1.29, 1.82) is 0 Å². The van der Waals surface area contributed by atoms with Gasteiger partial charge in [0.05, 0.1) is 16.8 Å². The number of carbonyl (C=O) groups excluding carboxylic acids is 1. The number of benzene rings is 1. The predicted octanol–water partition coefficient (Wildman–Crippen LogP) is 3.65. The van der Waals surface area contributed by atoms with E-state index in [0.29, 0.717) is 34.4 Å². The summed E-state index contributed by atoms with van der Waals surface area (Å²) in [6, 6.07) is 3.59. The highest BCUT2D eigenvalue weighted by molar-refractivity contribution is 7.23. The number of fused-ring (bicyclic) bond motifs is 1. The Morgan fingerprint density at radius 1 is 1.35 bits per heavy atom. The fourth-order valence-corrected chi connectivity index (χ4v) is 3.50. The van der Waals surface area contributed by atoms with Gasteiger partial charge in [0.15, 0.2) is 5.13 Å². The molecule has 1 aromatic heterocycles. The Hall–Kier alpha value is -1.37.